The Balaban J connectivity index is 3.00. The van der Waals surface area contributed by atoms with Gasteiger partial charge in [-0.05, 0) is 18.1 Å². The van der Waals surface area contributed by atoms with Gasteiger partial charge in [-0.1, -0.05) is 20.8 Å². The van der Waals surface area contributed by atoms with E-state index in [2.05, 4.69) is 105 Å². The van der Waals surface area contributed by atoms with Gasteiger partial charge in [0.15, 0.2) is 8.32 Å². The molecule has 0 amide bonds. The van der Waals surface area contributed by atoms with Gasteiger partial charge in [0.05, 0.1) is 0 Å². The first kappa shape index (κ1) is 38.4. The first-order valence-corrected chi connectivity index (χ1v) is 27.5. The van der Waals surface area contributed by atoms with E-state index in [-0.39, 0.29) is 17.2 Å². The topological polar surface area (TPSA) is 27.7 Å². The minimum atomic E-state index is -2.37. The van der Waals surface area contributed by atoms with Crippen molar-refractivity contribution >= 4 is 26.7 Å². The maximum absolute atomic E-state index is 6.64. The van der Waals surface area contributed by atoms with E-state index in [4.69, 9.17) is 13.9 Å². The van der Waals surface area contributed by atoms with Crippen LogP contribution in [0, 0.1) is 11.8 Å². The van der Waals surface area contributed by atoms with E-state index in [1.54, 1.807) is 0 Å². The molecule has 0 bridgehead atoms. The van der Waals surface area contributed by atoms with Crippen molar-refractivity contribution in [2.75, 3.05) is 6.61 Å². The summed E-state index contributed by atoms with van der Waals surface area (Å²) in [6.07, 6.45) is 15.5. The molecular formula is C35H70O3SiSn. The molecule has 1 aliphatic rings. The van der Waals surface area contributed by atoms with Gasteiger partial charge in [-0.2, -0.15) is 0 Å². The molecule has 0 spiro atoms. The average Bonchev–Trinajstić information content (AvgIpc) is 2.87. The van der Waals surface area contributed by atoms with Crippen molar-refractivity contribution in [1.82, 2.24) is 0 Å². The van der Waals surface area contributed by atoms with Crippen LogP contribution in [0.2, 0.25) is 31.4 Å². The average molecular weight is 686 g/mol. The molecule has 0 aromatic carbocycles. The van der Waals surface area contributed by atoms with Gasteiger partial charge in [0, 0.05) is 0 Å². The van der Waals surface area contributed by atoms with Crippen molar-refractivity contribution in [3.8, 4) is 0 Å². The SMILES string of the molecule is CCC[CH2][Sn](/[CH]=C\[C@@H]1OC(C)(C)O[C@@H]([C@H](C)/C(C)=C/CCCO[Si](C)(C)C(C)(C)C)[C@@H]1C)([CH2]CCC)[CH2]CCC. The van der Waals surface area contributed by atoms with E-state index >= 15 is 0 Å². The summed E-state index contributed by atoms with van der Waals surface area (Å²) >= 11 is -2.37. The van der Waals surface area contributed by atoms with Gasteiger partial charge in [0.25, 0.3) is 0 Å². The summed E-state index contributed by atoms with van der Waals surface area (Å²) < 4.78 is 27.0. The third kappa shape index (κ3) is 12.5. The normalized spacial score (nSPS) is 23.6. The van der Waals surface area contributed by atoms with Crippen LogP contribution in [-0.4, -0.2) is 51.3 Å². The Labute approximate surface area is 256 Å². The number of hydrogen-bond donors (Lipinski definition) is 0. The number of rotatable bonds is 18. The molecule has 5 heteroatoms. The summed E-state index contributed by atoms with van der Waals surface area (Å²) in [5.41, 5.74) is 1.44. The van der Waals surface area contributed by atoms with Crippen molar-refractivity contribution < 1.29 is 13.9 Å². The van der Waals surface area contributed by atoms with Gasteiger partial charge >= 0.3 is 211 Å². The van der Waals surface area contributed by atoms with E-state index in [0.29, 0.717) is 11.8 Å². The second-order valence-corrected chi connectivity index (χ2v) is 32.8. The molecule has 1 rings (SSSR count). The Morgan fingerprint density at radius 3 is 1.95 bits per heavy atom. The molecule has 236 valence electrons. The molecule has 0 unspecified atom stereocenters. The van der Waals surface area contributed by atoms with Crippen LogP contribution in [0.15, 0.2) is 21.8 Å². The van der Waals surface area contributed by atoms with Crippen LogP contribution in [0.25, 0.3) is 0 Å². The molecular weight excluding hydrogens is 615 g/mol. The van der Waals surface area contributed by atoms with Crippen LogP contribution >= 0.6 is 0 Å². The van der Waals surface area contributed by atoms with Crippen molar-refractivity contribution in [3.63, 3.8) is 0 Å². The molecule has 40 heavy (non-hydrogen) atoms. The fourth-order valence-corrected chi connectivity index (χ4v) is 21.2. The molecule has 0 radical (unpaired) electrons. The summed E-state index contributed by atoms with van der Waals surface area (Å²) in [4.78, 5) is 0. The third-order valence-electron chi connectivity index (χ3n) is 9.90. The standard InChI is InChI=1S/C23H43O3Si.3C4H9.Sn/c1-12-20-19(4)21(26-23(8,9)25-20)18(3)17(2)15-13-14-16-24-27(10,11)22(5,6)7;3*1-3-4-2;/h1,12,15,18-21H,13-14,16H2,2-11H3;3*1,3-4H2,2H3;/b12-1?,17-15+;;;;/t18-,19-,20+,21+;;;;/m1..../s1. The van der Waals surface area contributed by atoms with Crippen LogP contribution in [0.5, 0.6) is 0 Å². The minimum absolute atomic E-state index is 0.128. The van der Waals surface area contributed by atoms with E-state index in [1.807, 2.05) is 0 Å². The first-order chi connectivity index (χ1) is 18.5. The number of allylic oxidation sites excluding steroid dienone is 1. The number of unbranched alkanes of at least 4 members (excludes halogenated alkanes) is 4. The summed E-state index contributed by atoms with van der Waals surface area (Å²) in [6.45, 7) is 30.8. The van der Waals surface area contributed by atoms with Gasteiger partial charge in [-0.3, -0.25) is 0 Å². The maximum atomic E-state index is 6.64. The zero-order chi connectivity index (χ0) is 30.6. The number of ether oxygens (including phenoxy) is 2. The summed E-state index contributed by atoms with van der Waals surface area (Å²) in [5, 5.41) is 0.271. The predicted molar refractivity (Wildman–Crippen MR) is 182 cm³/mol. The van der Waals surface area contributed by atoms with Crippen LogP contribution < -0.4 is 0 Å². The molecule has 1 heterocycles. The first-order valence-electron chi connectivity index (χ1n) is 16.9. The predicted octanol–water partition coefficient (Wildman–Crippen LogP) is 11.5. The zero-order valence-electron chi connectivity index (χ0n) is 29.3. The Bertz CT molecular complexity index is 745. The van der Waals surface area contributed by atoms with E-state index in [9.17, 15) is 0 Å². The van der Waals surface area contributed by atoms with Crippen molar-refractivity contribution in [3.05, 3.63) is 21.8 Å². The summed E-state index contributed by atoms with van der Waals surface area (Å²) in [5.74, 6) is 0.132. The van der Waals surface area contributed by atoms with Crippen LogP contribution in [-0.2, 0) is 13.9 Å². The van der Waals surface area contributed by atoms with Gasteiger partial charge in [-0.25, -0.2) is 0 Å². The van der Waals surface area contributed by atoms with E-state index in [0.717, 1.165) is 19.4 Å². The molecule has 1 saturated heterocycles. The molecule has 1 fully saturated rings. The fourth-order valence-electron chi connectivity index (χ4n) is 5.77. The Morgan fingerprint density at radius 1 is 0.950 bits per heavy atom. The van der Waals surface area contributed by atoms with Gasteiger partial charge in [0.2, 0.25) is 0 Å². The molecule has 0 saturated carbocycles. The number of hydrogen-bond acceptors (Lipinski definition) is 3. The fraction of sp³-hybridized carbons (Fsp3) is 0.886. The molecule has 0 aliphatic carbocycles. The zero-order valence-corrected chi connectivity index (χ0v) is 33.1. The second-order valence-electron chi connectivity index (χ2n) is 14.9. The third-order valence-corrected chi connectivity index (χ3v) is 28.6. The molecule has 3 nitrogen and oxygen atoms in total. The summed E-state index contributed by atoms with van der Waals surface area (Å²) in [7, 11) is -1.67. The second kappa shape index (κ2) is 17.6. The van der Waals surface area contributed by atoms with E-state index < -0.39 is 32.5 Å². The van der Waals surface area contributed by atoms with Gasteiger partial charge in [0.1, 0.15) is 0 Å². The molecule has 0 N–H and O–H groups in total. The molecule has 1 aliphatic heterocycles. The molecule has 4 atom stereocenters. The monoisotopic (exact) mass is 686 g/mol. The Kier molecular flexibility index (Phi) is 16.9. The van der Waals surface area contributed by atoms with E-state index in [1.165, 1.54) is 57.4 Å². The van der Waals surface area contributed by atoms with Crippen molar-refractivity contribution in [1.29, 1.82) is 0 Å². The Hall–Kier alpha value is 0.376. The van der Waals surface area contributed by atoms with Gasteiger partial charge < -0.3 is 0 Å². The van der Waals surface area contributed by atoms with Crippen molar-refractivity contribution in [2.24, 2.45) is 11.8 Å². The summed E-state index contributed by atoms with van der Waals surface area (Å²) in [6, 6.07) is 0. The quantitative estimate of drug-likeness (QED) is 0.0817. The van der Waals surface area contributed by atoms with Crippen LogP contribution in [0.4, 0.5) is 0 Å². The van der Waals surface area contributed by atoms with Crippen LogP contribution in [0.3, 0.4) is 0 Å². The Morgan fingerprint density at radius 2 is 1.48 bits per heavy atom. The van der Waals surface area contributed by atoms with Gasteiger partial charge in [-0.15, -0.1) is 0 Å². The van der Waals surface area contributed by atoms with Crippen molar-refractivity contribution in [2.45, 2.75) is 177 Å². The molecule has 0 aromatic rings. The van der Waals surface area contributed by atoms with Crippen LogP contribution in [0.1, 0.15) is 128 Å². The molecule has 0 aromatic heterocycles.